The Morgan fingerprint density at radius 3 is 2.71 bits per heavy atom. The third kappa shape index (κ3) is 3.26. The van der Waals surface area contributed by atoms with Crippen molar-refractivity contribution in [1.29, 1.82) is 0 Å². The Morgan fingerprint density at radius 2 is 2.14 bits per heavy atom. The number of rotatable bonds is 2. The average Bonchev–Trinajstić information content (AvgIpc) is 2.65. The van der Waals surface area contributed by atoms with Crippen LogP contribution in [0.2, 0.25) is 5.15 Å². The molecule has 0 N–H and O–H groups in total. The van der Waals surface area contributed by atoms with Crippen molar-refractivity contribution in [2.24, 2.45) is 0 Å². The Balaban J connectivity index is 2.21. The molecule has 6 nitrogen and oxygen atoms in total. The summed E-state index contributed by atoms with van der Waals surface area (Å²) in [6, 6.07) is 2.42. The molecule has 2 amide bonds. The molecular formula is C14H18ClN3O3. The molecule has 1 aliphatic heterocycles. The normalized spacial score (nSPS) is 19.1. The molecular weight excluding hydrogens is 294 g/mol. The minimum absolute atomic E-state index is 0.190. The third-order valence-corrected chi connectivity index (χ3v) is 3.36. The van der Waals surface area contributed by atoms with Crippen molar-refractivity contribution in [3.63, 3.8) is 0 Å². The highest BCUT2D eigenvalue weighted by Gasteiger charge is 2.42. The predicted molar refractivity (Wildman–Crippen MR) is 79.4 cm³/mol. The molecule has 1 fully saturated rings. The van der Waals surface area contributed by atoms with Gasteiger partial charge >= 0.3 is 12.0 Å². The lowest BCUT2D eigenvalue weighted by Crippen LogP contribution is -2.40. The summed E-state index contributed by atoms with van der Waals surface area (Å²) in [6.45, 7) is 5.56. The number of esters is 1. The van der Waals surface area contributed by atoms with Crippen molar-refractivity contribution in [1.82, 2.24) is 9.88 Å². The van der Waals surface area contributed by atoms with Crippen LogP contribution in [0.1, 0.15) is 20.8 Å². The van der Waals surface area contributed by atoms with Crippen molar-refractivity contribution in [2.75, 3.05) is 18.5 Å². The summed E-state index contributed by atoms with van der Waals surface area (Å²) in [7, 11) is 1.57. The van der Waals surface area contributed by atoms with Crippen LogP contribution < -0.4 is 4.90 Å². The number of likely N-dealkylation sites (N-methyl/N-ethyl adjacent to an activating group) is 1. The van der Waals surface area contributed by atoms with E-state index in [1.54, 1.807) is 46.1 Å². The summed E-state index contributed by atoms with van der Waals surface area (Å²) in [4.78, 5) is 31.2. The van der Waals surface area contributed by atoms with Crippen molar-refractivity contribution in [3.8, 4) is 0 Å². The maximum absolute atomic E-state index is 12.3. The number of anilines is 1. The van der Waals surface area contributed by atoms with E-state index < -0.39 is 17.6 Å². The number of nitrogens with zero attached hydrogens (tertiary/aromatic N) is 3. The first-order valence-electron chi connectivity index (χ1n) is 6.58. The van der Waals surface area contributed by atoms with Crippen LogP contribution in [0.4, 0.5) is 10.5 Å². The van der Waals surface area contributed by atoms with Gasteiger partial charge in [-0.15, -0.1) is 0 Å². The molecule has 0 aliphatic carbocycles. The number of amides is 2. The maximum Gasteiger partial charge on any atom is 0.331 e. The second-order valence-electron chi connectivity index (χ2n) is 5.87. The van der Waals surface area contributed by atoms with Gasteiger partial charge in [0.2, 0.25) is 0 Å². The number of hydrogen-bond acceptors (Lipinski definition) is 4. The first-order chi connectivity index (χ1) is 9.70. The number of ether oxygens (including phenoxy) is 1. The lowest BCUT2D eigenvalue weighted by atomic mass is 10.2. The first kappa shape index (κ1) is 15.6. The zero-order valence-electron chi connectivity index (χ0n) is 12.5. The van der Waals surface area contributed by atoms with Crippen molar-refractivity contribution in [2.45, 2.75) is 32.4 Å². The van der Waals surface area contributed by atoms with E-state index >= 15 is 0 Å². The van der Waals surface area contributed by atoms with Gasteiger partial charge in [-0.1, -0.05) is 11.6 Å². The predicted octanol–water partition coefficient (Wildman–Crippen LogP) is 2.32. The van der Waals surface area contributed by atoms with Crippen LogP contribution in [0.3, 0.4) is 0 Å². The Bertz CT molecular complexity index is 571. The molecule has 1 saturated heterocycles. The smallest absolute Gasteiger partial charge is 0.331 e. The number of urea groups is 1. The Morgan fingerprint density at radius 1 is 1.48 bits per heavy atom. The lowest BCUT2D eigenvalue weighted by Gasteiger charge is -2.24. The highest BCUT2D eigenvalue weighted by Crippen LogP contribution is 2.28. The van der Waals surface area contributed by atoms with Gasteiger partial charge in [-0.3, -0.25) is 4.90 Å². The maximum atomic E-state index is 12.3. The minimum Gasteiger partial charge on any atom is -0.458 e. The van der Waals surface area contributed by atoms with Crippen LogP contribution in [-0.4, -0.2) is 47.1 Å². The molecule has 2 heterocycles. The molecule has 1 aliphatic rings. The van der Waals surface area contributed by atoms with Crippen molar-refractivity contribution in [3.05, 3.63) is 23.5 Å². The van der Waals surface area contributed by atoms with E-state index in [9.17, 15) is 9.59 Å². The van der Waals surface area contributed by atoms with Gasteiger partial charge < -0.3 is 9.64 Å². The highest BCUT2D eigenvalue weighted by atomic mass is 35.5. The fraction of sp³-hybridized carbons (Fsp3) is 0.500. The summed E-state index contributed by atoms with van der Waals surface area (Å²) in [5, 5.41) is 0.226. The number of hydrogen-bond donors (Lipinski definition) is 0. The summed E-state index contributed by atoms with van der Waals surface area (Å²) in [5.41, 5.74) is -0.109. The summed E-state index contributed by atoms with van der Waals surface area (Å²) >= 11 is 6.01. The zero-order valence-corrected chi connectivity index (χ0v) is 13.2. The van der Waals surface area contributed by atoms with Crippen LogP contribution in [0.25, 0.3) is 0 Å². The number of halogens is 1. The Hall–Kier alpha value is -1.82. The van der Waals surface area contributed by atoms with E-state index in [1.165, 1.54) is 9.80 Å². The monoisotopic (exact) mass is 311 g/mol. The summed E-state index contributed by atoms with van der Waals surface area (Å²) < 4.78 is 5.35. The standard InChI is InChI=1S/C14H18ClN3O3/c1-14(2,3)21-12(19)10-8-18(13(20)17(10)4)9-6-5-7-16-11(9)15/h5-7,10H,8H2,1-4H3. The van der Waals surface area contributed by atoms with E-state index in [0.717, 1.165) is 0 Å². The SMILES string of the molecule is CN1C(=O)N(c2cccnc2Cl)CC1C(=O)OC(C)(C)C. The number of aromatic nitrogens is 1. The molecule has 0 spiro atoms. The van der Waals surface area contributed by atoms with Gasteiger partial charge in [0.15, 0.2) is 5.15 Å². The lowest BCUT2D eigenvalue weighted by molar-refractivity contribution is -0.158. The molecule has 1 aromatic rings. The summed E-state index contributed by atoms with van der Waals surface area (Å²) in [6.07, 6.45) is 1.54. The molecule has 21 heavy (non-hydrogen) atoms. The fourth-order valence-corrected chi connectivity index (χ4v) is 2.30. The van der Waals surface area contributed by atoms with Gasteiger partial charge in [0.25, 0.3) is 0 Å². The van der Waals surface area contributed by atoms with E-state index in [-0.39, 0.29) is 17.7 Å². The summed E-state index contributed by atoms with van der Waals surface area (Å²) in [5.74, 6) is -0.430. The van der Waals surface area contributed by atoms with Crippen LogP contribution in [-0.2, 0) is 9.53 Å². The van der Waals surface area contributed by atoms with Crippen molar-refractivity contribution >= 4 is 29.3 Å². The van der Waals surface area contributed by atoms with Gasteiger partial charge in [-0.2, -0.15) is 0 Å². The molecule has 7 heteroatoms. The van der Waals surface area contributed by atoms with Gasteiger partial charge in [-0.05, 0) is 32.9 Å². The largest absolute Gasteiger partial charge is 0.458 e. The second kappa shape index (κ2) is 5.52. The van der Waals surface area contributed by atoms with E-state index in [2.05, 4.69) is 4.98 Å². The van der Waals surface area contributed by atoms with Gasteiger partial charge in [-0.25, -0.2) is 14.6 Å². The third-order valence-electron chi connectivity index (χ3n) is 3.06. The molecule has 0 aromatic carbocycles. The molecule has 0 radical (unpaired) electrons. The molecule has 2 rings (SSSR count). The van der Waals surface area contributed by atoms with E-state index in [4.69, 9.17) is 16.3 Å². The van der Waals surface area contributed by atoms with Crippen molar-refractivity contribution < 1.29 is 14.3 Å². The number of carbonyl (C=O) groups excluding carboxylic acids is 2. The minimum atomic E-state index is -0.659. The molecule has 0 bridgehead atoms. The zero-order chi connectivity index (χ0) is 15.8. The van der Waals surface area contributed by atoms with Crippen LogP contribution >= 0.6 is 11.6 Å². The molecule has 1 aromatic heterocycles. The van der Waals surface area contributed by atoms with Gasteiger partial charge in [0, 0.05) is 13.2 Å². The molecule has 1 unspecified atom stereocenters. The average molecular weight is 312 g/mol. The molecule has 0 saturated carbocycles. The molecule has 1 atom stereocenters. The van der Waals surface area contributed by atoms with Gasteiger partial charge in [0.05, 0.1) is 12.2 Å². The Kier molecular flexibility index (Phi) is 4.09. The van der Waals surface area contributed by atoms with Crippen LogP contribution in [0.15, 0.2) is 18.3 Å². The van der Waals surface area contributed by atoms with Crippen LogP contribution in [0.5, 0.6) is 0 Å². The highest BCUT2D eigenvalue weighted by molar-refractivity contribution is 6.32. The number of carbonyl (C=O) groups is 2. The van der Waals surface area contributed by atoms with Gasteiger partial charge in [0.1, 0.15) is 11.6 Å². The topological polar surface area (TPSA) is 62.7 Å². The molecule has 114 valence electrons. The fourth-order valence-electron chi connectivity index (χ4n) is 2.08. The van der Waals surface area contributed by atoms with Crippen LogP contribution in [0, 0.1) is 0 Å². The first-order valence-corrected chi connectivity index (χ1v) is 6.96. The second-order valence-corrected chi connectivity index (χ2v) is 6.22. The Labute approximate surface area is 128 Å². The number of pyridine rings is 1. The van der Waals surface area contributed by atoms with E-state index in [1.807, 2.05) is 0 Å². The quantitative estimate of drug-likeness (QED) is 0.621. The van der Waals surface area contributed by atoms with E-state index in [0.29, 0.717) is 5.69 Å².